The maximum absolute atomic E-state index is 13.5. The molecule has 20 heavy (non-hydrogen) atoms. The van der Waals surface area contributed by atoms with Crippen LogP contribution in [0.2, 0.25) is 0 Å². The summed E-state index contributed by atoms with van der Waals surface area (Å²) in [6.45, 7) is 0. The van der Waals surface area contributed by atoms with Gasteiger partial charge in [-0.3, -0.25) is 4.79 Å². The summed E-state index contributed by atoms with van der Waals surface area (Å²) < 4.78 is 26.7. The molecular formula is C11H6BrF2N3O3. The summed E-state index contributed by atoms with van der Waals surface area (Å²) in [5, 5.41) is 10.9. The van der Waals surface area contributed by atoms with Gasteiger partial charge in [0.15, 0.2) is 11.4 Å². The first-order chi connectivity index (χ1) is 9.40. The highest BCUT2D eigenvalue weighted by Crippen LogP contribution is 2.23. The number of carboxylic acid groups (broad SMARTS) is 1. The second kappa shape index (κ2) is 5.37. The third kappa shape index (κ3) is 2.67. The molecular weight excluding hydrogens is 340 g/mol. The number of benzene rings is 1. The molecule has 1 heterocycles. The van der Waals surface area contributed by atoms with E-state index in [9.17, 15) is 18.4 Å². The Balaban J connectivity index is 2.30. The number of carbonyl (C=O) groups is 2. The maximum Gasteiger partial charge on any atom is 0.354 e. The standard InChI is InChI=1S/C11H6BrF2N3O3/c12-4-1-6(14)7(2-5(4)13)17-10(18)8-9(11(19)20)16-3-15-8/h1-3H,(H,15,16)(H,17,18)(H,19,20). The van der Waals surface area contributed by atoms with Crippen LogP contribution in [0, 0.1) is 11.6 Å². The van der Waals surface area contributed by atoms with Gasteiger partial charge < -0.3 is 15.4 Å². The number of nitrogens with one attached hydrogen (secondary N) is 2. The smallest absolute Gasteiger partial charge is 0.354 e. The van der Waals surface area contributed by atoms with Gasteiger partial charge in [0.05, 0.1) is 16.5 Å². The summed E-state index contributed by atoms with van der Waals surface area (Å²) in [6.07, 6.45) is 1.01. The largest absolute Gasteiger partial charge is 0.477 e. The van der Waals surface area contributed by atoms with E-state index in [1.54, 1.807) is 0 Å². The van der Waals surface area contributed by atoms with Gasteiger partial charge in [0.2, 0.25) is 0 Å². The lowest BCUT2D eigenvalue weighted by molar-refractivity contribution is 0.0686. The first kappa shape index (κ1) is 14.1. The van der Waals surface area contributed by atoms with Crippen molar-refractivity contribution < 1.29 is 23.5 Å². The molecule has 6 nitrogen and oxygen atoms in total. The first-order valence-electron chi connectivity index (χ1n) is 5.12. The number of imidazole rings is 1. The molecule has 9 heteroatoms. The van der Waals surface area contributed by atoms with Crippen LogP contribution in [-0.4, -0.2) is 27.0 Å². The van der Waals surface area contributed by atoms with Gasteiger partial charge in [0, 0.05) is 6.07 Å². The van der Waals surface area contributed by atoms with Crippen LogP contribution in [0.25, 0.3) is 0 Å². The van der Waals surface area contributed by atoms with E-state index in [1.807, 2.05) is 0 Å². The van der Waals surface area contributed by atoms with E-state index in [2.05, 4.69) is 31.2 Å². The van der Waals surface area contributed by atoms with Crippen LogP contribution < -0.4 is 5.32 Å². The van der Waals surface area contributed by atoms with Crippen molar-refractivity contribution in [3.8, 4) is 0 Å². The molecule has 0 fully saturated rings. The number of hydrogen-bond donors (Lipinski definition) is 3. The Morgan fingerprint density at radius 1 is 1.30 bits per heavy atom. The zero-order valence-corrected chi connectivity index (χ0v) is 11.2. The minimum atomic E-state index is -1.39. The number of carbonyl (C=O) groups excluding carboxylic acids is 1. The molecule has 0 spiro atoms. The Kier molecular flexibility index (Phi) is 3.79. The highest BCUT2D eigenvalue weighted by atomic mass is 79.9. The number of carboxylic acids is 1. The first-order valence-corrected chi connectivity index (χ1v) is 5.92. The lowest BCUT2D eigenvalue weighted by Gasteiger charge is -2.06. The Morgan fingerprint density at radius 2 is 2.00 bits per heavy atom. The summed E-state index contributed by atoms with van der Waals surface area (Å²) in [5.41, 5.74) is -1.30. The molecule has 1 aromatic carbocycles. The van der Waals surface area contributed by atoms with Crippen molar-refractivity contribution in [2.24, 2.45) is 0 Å². The number of halogens is 3. The Bertz CT molecular complexity index is 702. The molecule has 1 aromatic heterocycles. The molecule has 0 aliphatic rings. The number of anilines is 1. The number of nitrogens with zero attached hydrogens (tertiary/aromatic N) is 1. The number of aromatic amines is 1. The lowest BCUT2D eigenvalue weighted by Crippen LogP contribution is -2.17. The van der Waals surface area contributed by atoms with Crippen molar-refractivity contribution in [2.75, 3.05) is 5.32 Å². The van der Waals surface area contributed by atoms with Crippen molar-refractivity contribution in [2.45, 2.75) is 0 Å². The lowest BCUT2D eigenvalue weighted by atomic mass is 10.2. The van der Waals surface area contributed by atoms with Crippen molar-refractivity contribution in [1.29, 1.82) is 0 Å². The second-order valence-corrected chi connectivity index (χ2v) is 4.49. The number of amides is 1. The summed E-state index contributed by atoms with van der Waals surface area (Å²) in [7, 11) is 0. The van der Waals surface area contributed by atoms with Gasteiger partial charge in [0.1, 0.15) is 11.6 Å². The zero-order valence-electron chi connectivity index (χ0n) is 9.58. The predicted octanol–water partition coefficient (Wildman–Crippen LogP) is 2.40. The van der Waals surface area contributed by atoms with Gasteiger partial charge in [-0.15, -0.1) is 0 Å². The van der Waals surface area contributed by atoms with Gasteiger partial charge in [-0.2, -0.15) is 0 Å². The number of H-pyrrole nitrogens is 1. The third-order valence-electron chi connectivity index (χ3n) is 2.33. The fourth-order valence-electron chi connectivity index (χ4n) is 1.43. The van der Waals surface area contributed by atoms with E-state index in [1.165, 1.54) is 0 Å². The van der Waals surface area contributed by atoms with E-state index >= 15 is 0 Å². The highest BCUT2D eigenvalue weighted by molar-refractivity contribution is 9.10. The molecule has 0 atom stereocenters. The fourth-order valence-corrected chi connectivity index (χ4v) is 1.74. The van der Waals surface area contributed by atoms with Crippen LogP contribution in [0.15, 0.2) is 22.9 Å². The molecule has 0 unspecified atom stereocenters. The molecule has 0 aliphatic heterocycles. The molecule has 0 aliphatic carbocycles. The number of hydrogen-bond acceptors (Lipinski definition) is 3. The number of rotatable bonds is 3. The second-order valence-electron chi connectivity index (χ2n) is 3.63. The molecule has 0 bridgehead atoms. The van der Waals surface area contributed by atoms with Gasteiger partial charge in [-0.25, -0.2) is 18.6 Å². The Hall–Kier alpha value is -2.29. The van der Waals surface area contributed by atoms with Crippen LogP contribution in [0.3, 0.4) is 0 Å². The normalized spacial score (nSPS) is 10.3. The van der Waals surface area contributed by atoms with Crippen LogP contribution in [0.4, 0.5) is 14.5 Å². The molecule has 0 radical (unpaired) electrons. The highest BCUT2D eigenvalue weighted by Gasteiger charge is 2.21. The summed E-state index contributed by atoms with van der Waals surface area (Å²) in [5.74, 6) is -4.01. The topological polar surface area (TPSA) is 95.1 Å². The quantitative estimate of drug-likeness (QED) is 0.744. The molecule has 0 saturated carbocycles. The number of aromatic nitrogens is 2. The van der Waals surface area contributed by atoms with E-state index in [-0.39, 0.29) is 4.47 Å². The molecule has 3 N–H and O–H groups in total. The minimum absolute atomic E-state index is 0.0982. The van der Waals surface area contributed by atoms with Gasteiger partial charge in [-0.05, 0) is 22.0 Å². The SMILES string of the molecule is O=C(Nc1cc(F)c(Br)cc1F)c1nc[nH]c1C(=O)O. The van der Waals surface area contributed by atoms with Crippen molar-refractivity contribution in [3.05, 3.63) is 46.0 Å². The van der Waals surface area contributed by atoms with Crippen LogP contribution in [-0.2, 0) is 0 Å². The summed E-state index contributed by atoms with van der Waals surface area (Å²) in [6, 6.07) is 1.61. The Labute approximate surface area is 119 Å². The van der Waals surface area contributed by atoms with E-state index < -0.39 is 40.6 Å². The van der Waals surface area contributed by atoms with Crippen molar-refractivity contribution in [3.63, 3.8) is 0 Å². The summed E-state index contributed by atoms with van der Waals surface area (Å²) in [4.78, 5) is 28.4. The molecule has 1 amide bonds. The monoisotopic (exact) mass is 345 g/mol. The average molecular weight is 346 g/mol. The molecule has 104 valence electrons. The summed E-state index contributed by atoms with van der Waals surface area (Å²) >= 11 is 2.79. The molecule has 2 rings (SSSR count). The van der Waals surface area contributed by atoms with Crippen LogP contribution >= 0.6 is 15.9 Å². The van der Waals surface area contributed by atoms with E-state index in [4.69, 9.17) is 5.11 Å². The van der Waals surface area contributed by atoms with E-state index in [0.29, 0.717) is 0 Å². The van der Waals surface area contributed by atoms with Crippen molar-refractivity contribution >= 4 is 33.5 Å². The Morgan fingerprint density at radius 3 is 2.65 bits per heavy atom. The zero-order chi connectivity index (χ0) is 14.9. The van der Waals surface area contributed by atoms with E-state index in [0.717, 1.165) is 18.5 Å². The number of aromatic carboxylic acids is 1. The average Bonchev–Trinajstić information content (AvgIpc) is 2.85. The van der Waals surface area contributed by atoms with Gasteiger partial charge in [-0.1, -0.05) is 0 Å². The molecule has 2 aromatic rings. The van der Waals surface area contributed by atoms with Crippen LogP contribution in [0.1, 0.15) is 21.0 Å². The minimum Gasteiger partial charge on any atom is -0.477 e. The van der Waals surface area contributed by atoms with Crippen molar-refractivity contribution in [1.82, 2.24) is 9.97 Å². The third-order valence-corrected chi connectivity index (χ3v) is 2.93. The fraction of sp³-hybridized carbons (Fsp3) is 0. The van der Waals surface area contributed by atoms with Gasteiger partial charge >= 0.3 is 5.97 Å². The molecule has 0 saturated heterocycles. The maximum atomic E-state index is 13.5. The van der Waals surface area contributed by atoms with Crippen LogP contribution in [0.5, 0.6) is 0 Å². The predicted molar refractivity (Wildman–Crippen MR) is 67.6 cm³/mol. The van der Waals surface area contributed by atoms with Gasteiger partial charge in [0.25, 0.3) is 5.91 Å².